The van der Waals surface area contributed by atoms with Crippen LogP contribution in [-0.4, -0.2) is 22.8 Å². The third-order valence-corrected chi connectivity index (χ3v) is 5.96. The lowest BCUT2D eigenvalue weighted by Crippen LogP contribution is -2.24. The third-order valence-electron chi connectivity index (χ3n) is 4.94. The number of rotatable bonds is 8. The van der Waals surface area contributed by atoms with Gasteiger partial charge in [0.1, 0.15) is 0 Å². The van der Waals surface area contributed by atoms with E-state index in [2.05, 4.69) is 42.5 Å². The van der Waals surface area contributed by atoms with Crippen molar-refractivity contribution >= 4 is 33.4 Å². The summed E-state index contributed by atoms with van der Waals surface area (Å²) in [6.45, 7) is 3.92. The number of hydrogen-bond donors (Lipinski definition) is 0. The number of ether oxygens (including phenoxy) is 1. The Labute approximate surface area is 174 Å². The molecule has 0 saturated heterocycles. The van der Waals surface area contributed by atoms with Crippen molar-refractivity contribution in [2.24, 2.45) is 0 Å². The van der Waals surface area contributed by atoms with Gasteiger partial charge in [0.25, 0.3) is 5.56 Å². The molecule has 4 rings (SSSR count). The summed E-state index contributed by atoms with van der Waals surface area (Å²) in [5.74, 6) is 0.762. The van der Waals surface area contributed by atoms with Gasteiger partial charge < -0.3 is 4.74 Å². The minimum atomic E-state index is 0.0209. The van der Waals surface area contributed by atoms with Crippen LogP contribution in [0.5, 0.6) is 0 Å². The zero-order chi connectivity index (χ0) is 20.1. The molecule has 4 aromatic rings. The van der Waals surface area contributed by atoms with Crippen LogP contribution in [0.1, 0.15) is 18.9 Å². The molecule has 4 nitrogen and oxygen atoms in total. The standard InChI is InChI=1S/C24H24N2O2S/c1-2-28-16-8-15-26-23(27)21-13-5-6-14-22(21)25-24(26)29-17-19-11-7-10-18-9-3-4-12-20(18)19/h3-7,9-14H,2,8,15-17H2,1H3. The van der Waals surface area contributed by atoms with Crippen molar-refractivity contribution in [2.75, 3.05) is 13.2 Å². The second-order valence-corrected chi connectivity index (χ2v) is 7.79. The van der Waals surface area contributed by atoms with Crippen LogP contribution in [-0.2, 0) is 17.0 Å². The Kier molecular flexibility index (Phi) is 6.27. The smallest absolute Gasteiger partial charge is 0.262 e. The van der Waals surface area contributed by atoms with Gasteiger partial charge in [0, 0.05) is 25.5 Å². The third kappa shape index (κ3) is 4.36. The zero-order valence-corrected chi connectivity index (χ0v) is 17.3. The molecule has 1 aromatic heterocycles. The first-order valence-electron chi connectivity index (χ1n) is 9.94. The summed E-state index contributed by atoms with van der Waals surface area (Å²) in [4.78, 5) is 17.9. The van der Waals surface area contributed by atoms with Gasteiger partial charge in [-0.2, -0.15) is 0 Å². The first kappa shape index (κ1) is 19.7. The van der Waals surface area contributed by atoms with E-state index >= 15 is 0 Å². The van der Waals surface area contributed by atoms with Crippen molar-refractivity contribution in [3.8, 4) is 0 Å². The summed E-state index contributed by atoms with van der Waals surface area (Å²) >= 11 is 1.62. The summed E-state index contributed by atoms with van der Waals surface area (Å²) in [7, 11) is 0. The molecule has 3 aromatic carbocycles. The first-order chi connectivity index (χ1) is 14.3. The van der Waals surface area contributed by atoms with Crippen LogP contribution in [0.15, 0.2) is 76.7 Å². The molecule has 0 aliphatic rings. The Morgan fingerprint density at radius 1 is 0.966 bits per heavy atom. The molecule has 0 unspecified atom stereocenters. The fourth-order valence-corrected chi connectivity index (χ4v) is 4.51. The highest BCUT2D eigenvalue weighted by Gasteiger charge is 2.12. The molecular formula is C24H24N2O2S. The number of nitrogens with zero attached hydrogens (tertiary/aromatic N) is 2. The van der Waals surface area contributed by atoms with E-state index in [9.17, 15) is 4.79 Å². The van der Waals surface area contributed by atoms with Gasteiger partial charge in [-0.3, -0.25) is 9.36 Å². The monoisotopic (exact) mass is 404 g/mol. The highest BCUT2D eigenvalue weighted by Crippen LogP contribution is 2.27. The topological polar surface area (TPSA) is 44.1 Å². The summed E-state index contributed by atoms with van der Waals surface area (Å²) in [6, 6.07) is 22.3. The normalized spacial score (nSPS) is 11.3. The van der Waals surface area contributed by atoms with E-state index in [1.165, 1.54) is 16.3 Å². The molecule has 0 N–H and O–H groups in total. The van der Waals surface area contributed by atoms with E-state index < -0.39 is 0 Å². The predicted octanol–water partition coefficient (Wildman–Crippen LogP) is 5.27. The minimum absolute atomic E-state index is 0.0209. The number of hydrogen-bond acceptors (Lipinski definition) is 4. The molecule has 0 fully saturated rings. The molecule has 29 heavy (non-hydrogen) atoms. The second-order valence-electron chi connectivity index (χ2n) is 6.85. The molecule has 148 valence electrons. The van der Waals surface area contributed by atoms with Crippen molar-refractivity contribution in [1.29, 1.82) is 0 Å². The van der Waals surface area contributed by atoms with Crippen LogP contribution in [0, 0.1) is 0 Å². The highest BCUT2D eigenvalue weighted by atomic mass is 32.2. The Morgan fingerprint density at radius 3 is 2.59 bits per heavy atom. The maximum Gasteiger partial charge on any atom is 0.262 e. The summed E-state index contributed by atoms with van der Waals surface area (Å²) < 4.78 is 7.26. The molecule has 0 bridgehead atoms. The summed E-state index contributed by atoms with van der Waals surface area (Å²) in [5.41, 5.74) is 2.02. The van der Waals surface area contributed by atoms with E-state index in [0.717, 1.165) is 22.8 Å². The number of benzene rings is 3. The SMILES string of the molecule is CCOCCCn1c(SCc2cccc3ccccc23)nc2ccccc2c1=O. The number of para-hydroxylation sites is 1. The Bertz CT molecular complexity index is 1180. The summed E-state index contributed by atoms with van der Waals surface area (Å²) in [5, 5.41) is 3.90. The van der Waals surface area contributed by atoms with E-state index in [1.54, 1.807) is 16.3 Å². The lowest BCUT2D eigenvalue weighted by atomic mass is 10.1. The van der Waals surface area contributed by atoms with Crippen LogP contribution < -0.4 is 5.56 Å². The molecule has 0 spiro atoms. The second kappa shape index (κ2) is 9.25. The molecule has 0 saturated carbocycles. The molecule has 0 atom stereocenters. The van der Waals surface area contributed by atoms with Gasteiger partial charge >= 0.3 is 0 Å². The van der Waals surface area contributed by atoms with E-state index in [1.807, 2.05) is 31.2 Å². The molecule has 0 aliphatic heterocycles. The predicted molar refractivity (Wildman–Crippen MR) is 121 cm³/mol. The maximum absolute atomic E-state index is 13.1. The number of thioether (sulfide) groups is 1. The van der Waals surface area contributed by atoms with Crippen molar-refractivity contribution in [1.82, 2.24) is 9.55 Å². The van der Waals surface area contributed by atoms with E-state index in [0.29, 0.717) is 25.1 Å². The Morgan fingerprint density at radius 2 is 1.72 bits per heavy atom. The zero-order valence-electron chi connectivity index (χ0n) is 16.5. The van der Waals surface area contributed by atoms with Crippen molar-refractivity contribution in [3.63, 3.8) is 0 Å². The van der Waals surface area contributed by atoms with Crippen LogP contribution in [0.2, 0.25) is 0 Å². The lowest BCUT2D eigenvalue weighted by Gasteiger charge is -2.14. The molecule has 0 aliphatic carbocycles. The van der Waals surface area contributed by atoms with Crippen LogP contribution in [0.3, 0.4) is 0 Å². The first-order valence-corrected chi connectivity index (χ1v) is 10.9. The van der Waals surface area contributed by atoms with Crippen LogP contribution in [0.25, 0.3) is 21.7 Å². The fraction of sp³-hybridized carbons (Fsp3) is 0.250. The number of aromatic nitrogens is 2. The average molecular weight is 405 g/mol. The van der Waals surface area contributed by atoms with Gasteiger partial charge in [-0.1, -0.05) is 66.4 Å². The van der Waals surface area contributed by atoms with Gasteiger partial charge in [0.05, 0.1) is 10.9 Å². The quantitative estimate of drug-likeness (QED) is 0.228. The minimum Gasteiger partial charge on any atom is -0.382 e. The van der Waals surface area contributed by atoms with Gasteiger partial charge in [-0.15, -0.1) is 0 Å². The largest absolute Gasteiger partial charge is 0.382 e. The molecule has 0 radical (unpaired) electrons. The van der Waals surface area contributed by atoms with E-state index in [-0.39, 0.29) is 5.56 Å². The van der Waals surface area contributed by atoms with Crippen molar-refractivity contribution < 1.29 is 4.74 Å². The molecular weight excluding hydrogens is 380 g/mol. The van der Waals surface area contributed by atoms with E-state index in [4.69, 9.17) is 9.72 Å². The highest BCUT2D eigenvalue weighted by molar-refractivity contribution is 7.98. The van der Waals surface area contributed by atoms with Gasteiger partial charge in [0.15, 0.2) is 5.16 Å². The molecule has 1 heterocycles. The Balaban J connectivity index is 1.66. The maximum atomic E-state index is 13.1. The van der Waals surface area contributed by atoms with Gasteiger partial charge in [-0.25, -0.2) is 4.98 Å². The van der Waals surface area contributed by atoms with Gasteiger partial charge in [0.2, 0.25) is 0 Å². The summed E-state index contributed by atoms with van der Waals surface area (Å²) in [6.07, 6.45) is 0.787. The molecule has 0 amide bonds. The van der Waals surface area contributed by atoms with Crippen LogP contribution >= 0.6 is 11.8 Å². The average Bonchev–Trinajstić information content (AvgIpc) is 2.76. The van der Waals surface area contributed by atoms with Gasteiger partial charge in [-0.05, 0) is 41.8 Å². The van der Waals surface area contributed by atoms with Crippen LogP contribution in [0.4, 0.5) is 0 Å². The van der Waals surface area contributed by atoms with Crippen molar-refractivity contribution in [3.05, 3.63) is 82.6 Å². The fourth-order valence-electron chi connectivity index (χ4n) is 3.48. The lowest BCUT2D eigenvalue weighted by molar-refractivity contribution is 0.140. The molecule has 5 heteroatoms. The number of fused-ring (bicyclic) bond motifs is 2. The Hall–Kier alpha value is -2.63. The van der Waals surface area contributed by atoms with Crippen molar-refractivity contribution in [2.45, 2.75) is 30.8 Å².